The van der Waals surface area contributed by atoms with E-state index in [1.54, 1.807) is 12.6 Å². The maximum atomic E-state index is 10.6. The third-order valence-corrected chi connectivity index (χ3v) is 4.39. The number of carboxylic acid groups (broad SMARTS) is 1. The third kappa shape index (κ3) is 6.90. The Bertz CT molecular complexity index is 903. The molecule has 0 saturated heterocycles. The zero-order valence-corrected chi connectivity index (χ0v) is 17.4. The average molecular weight is 418 g/mol. The van der Waals surface area contributed by atoms with Crippen molar-refractivity contribution < 1.29 is 25.0 Å². The fourth-order valence-electron chi connectivity index (χ4n) is 2.35. The molecule has 3 rings (SSSR count). The molecule has 0 unspecified atom stereocenters. The lowest BCUT2D eigenvalue weighted by Gasteiger charge is -2.09. The number of thioether (sulfide) groups is 1. The number of carbonyl (C=O) groups is 1. The SMILES string of the molecule is CC.CO[NH2+]c1cc(-c2nc(SCC(=O)O)n[nH]2)ccc1OCc1ccccc1. The topological polar surface area (TPSA) is 114 Å². The number of H-pyrrole nitrogens is 1. The van der Waals surface area contributed by atoms with Gasteiger partial charge < -0.3 is 9.84 Å². The highest BCUT2D eigenvalue weighted by molar-refractivity contribution is 7.99. The highest BCUT2D eigenvalue weighted by atomic mass is 32.2. The summed E-state index contributed by atoms with van der Waals surface area (Å²) in [5, 5.41) is 16.0. The normalized spacial score (nSPS) is 10.2. The van der Waals surface area contributed by atoms with Gasteiger partial charge in [0.1, 0.15) is 6.61 Å². The van der Waals surface area contributed by atoms with Gasteiger partial charge in [-0.15, -0.1) is 5.10 Å². The summed E-state index contributed by atoms with van der Waals surface area (Å²) in [6.07, 6.45) is 0. The lowest BCUT2D eigenvalue weighted by molar-refractivity contribution is -0.830. The van der Waals surface area contributed by atoms with Gasteiger partial charge in [0, 0.05) is 11.6 Å². The minimum Gasteiger partial charge on any atom is -0.483 e. The maximum absolute atomic E-state index is 10.6. The van der Waals surface area contributed by atoms with Crippen LogP contribution in [0.5, 0.6) is 5.75 Å². The molecule has 9 heteroatoms. The summed E-state index contributed by atoms with van der Waals surface area (Å²) >= 11 is 1.06. The van der Waals surface area contributed by atoms with E-state index in [4.69, 9.17) is 14.7 Å². The van der Waals surface area contributed by atoms with E-state index in [2.05, 4.69) is 15.2 Å². The summed E-state index contributed by atoms with van der Waals surface area (Å²) in [7, 11) is 1.57. The molecule has 29 heavy (non-hydrogen) atoms. The summed E-state index contributed by atoms with van der Waals surface area (Å²) in [5.74, 6) is 0.225. The first-order valence-electron chi connectivity index (χ1n) is 9.10. The van der Waals surface area contributed by atoms with Crippen LogP contribution < -0.4 is 10.2 Å². The Morgan fingerprint density at radius 3 is 2.66 bits per heavy atom. The largest absolute Gasteiger partial charge is 0.483 e. The zero-order chi connectivity index (χ0) is 21.1. The molecule has 4 N–H and O–H groups in total. The van der Waals surface area contributed by atoms with Crippen LogP contribution in [0.2, 0.25) is 0 Å². The highest BCUT2D eigenvalue weighted by Gasteiger charge is 2.14. The lowest BCUT2D eigenvalue weighted by Crippen LogP contribution is -2.76. The Morgan fingerprint density at radius 2 is 1.97 bits per heavy atom. The number of hydrogen-bond donors (Lipinski definition) is 3. The van der Waals surface area contributed by atoms with Crippen molar-refractivity contribution in [2.45, 2.75) is 25.6 Å². The van der Waals surface area contributed by atoms with Crippen LogP contribution in [0.1, 0.15) is 19.4 Å². The predicted molar refractivity (Wildman–Crippen MR) is 111 cm³/mol. The van der Waals surface area contributed by atoms with Crippen LogP contribution in [0.4, 0.5) is 5.69 Å². The number of quaternary nitrogens is 1. The van der Waals surface area contributed by atoms with Crippen LogP contribution >= 0.6 is 11.8 Å². The molecule has 2 aromatic carbocycles. The molecule has 3 aromatic rings. The first-order chi connectivity index (χ1) is 14.2. The third-order valence-electron chi connectivity index (χ3n) is 3.55. The number of aromatic nitrogens is 3. The van der Waals surface area contributed by atoms with E-state index in [1.165, 1.54) is 0 Å². The van der Waals surface area contributed by atoms with Gasteiger partial charge in [0.2, 0.25) is 10.8 Å². The van der Waals surface area contributed by atoms with Gasteiger partial charge in [-0.3, -0.25) is 9.89 Å². The summed E-state index contributed by atoms with van der Waals surface area (Å²) < 4.78 is 5.91. The van der Waals surface area contributed by atoms with Gasteiger partial charge in [-0.1, -0.05) is 55.9 Å². The highest BCUT2D eigenvalue weighted by Crippen LogP contribution is 2.28. The van der Waals surface area contributed by atoms with Gasteiger partial charge in [-0.25, -0.2) is 9.82 Å². The minimum atomic E-state index is -0.914. The fraction of sp³-hybridized carbons (Fsp3) is 0.250. The second kappa shape index (κ2) is 11.8. The molecule has 8 nitrogen and oxygen atoms in total. The fourth-order valence-corrected chi connectivity index (χ4v) is 2.87. The number of ether oxygens (including phenoxy) is 1. The smallest absolute Gasteiger partial charge is 0.313 e. The molecule has 0 radical (unpaired) electrons. The van der Waals surface area contributed by atoms with E-state index in [0.717, 1.165) is 28.6 Å². The second-order valence-corrected chi connectivity index (χ2v) is 6.47. The van der Waals surface area contributed by atoms with Gasteiger partial charge in [0.25, 0.3) is 0 Å². The second-order valence-electron chi connectivity index (χ2n) is 5.53. The number of aromatic amines is 1. The Hall–Kier alpha value is -2.88. The van der Waals surface area contributed by atoms with Crippen molar-refractivity contribution in [3.8, 4) is 17.1 Å². The lowest BCUT2D eigenvalue weighted by atomic mass is 10.2. The zero-order valence-electron chi connectivity index (χ0n) is 16.6. The van der Waals surface area contributed by atoms with Crippen molar-refractivity contribution >= 4 is 23.4 Å². The Labute approximate surface area is 173 Å². The number of nitrogens with two attached hydrogens (primary N) is 1. The summed E-state index contributed by atoms with van der Waals surface area (Å²) in [4.78, 5) is 20.1. The van der Waals surface area contributed by atoms with Gasteiger partial charge >= 0.3 is 5.97 Å². The number of rotatable bonds is 9. The molecule has 154 valence electrons. The average Bonchev–Trinajstić information content (AvgIpc) is 3.23. The first kappa shape index (κ1) is 22.4. The molecule has 0 bridgehead atoms. The molecule has 0 aliphatic heterocycles. The van der Waals surface area contributed by atoms with Gasteiger partial charge in [-0.05, 0) is 17.7 Å². The van der Waals surface area contributed by atoms with Crippen molar-refractivity contribution in [3.05, 3.63) is 54.1 Å². The van der Waals surface area contributed by atoms with Crippen LogP contribution in [0, 0.1) is 0 Å². The Balaban J connectivity index is 0.00000145. The van der Waals surface area contributed by atoms with E-state index >= 15 is 0 Å². The minimum absolute atomic E-state index is 0.0910. The molecule has 1 heterocycles. The van der Waals surface area contributed by atoms with Gasteiger partial charge in [-0.2, -0.15) is 5.48 Å². The molecule has 0 aliphatic carbocycles. The molecular weight excluding hydrogens is 392 g/mol. The number of aliphatic carboxylic acids is 1. The molecule has 0 fully saturated rings. The molecule has 0 amide bonds. The van der Waals surface area contributed by atoms with E-state index in [1.807, 2.05) is 62.4 Å². The monoisotopic (exact) mass is 417 g/mol. The first-order valence-corrected chi connectivity index (χ1v) is 10.1. The summed E-state index contributed by atoms with van der Waals surface area (Å²) in [5.41, 5.74) is 4.22. The standard InChI is InChI=1S/C18H18N4O4S.C2H6/c1-25-22-14-9-13(17-19-18(21-20-17)27-11-16(23)24)7-8-15(14)26-10-12-5-3-2-4-6-12;1-2/h2-9,22H,10-11H2,1H3,(H,23,24)(H,19,20,21);1-2H3/p+1. The van der Waals surface area contributed by atoms with Crippen LogP contribution in [0.15, 0.2) is 53.7 Å². The molecule has 0 spiro atoms. The van der Waals surface area contributed by atoms with Crippen molar-refractivity contribution in [2.75, 3.05) is 12.9 Å². The van der Waals surface area contributed by atoms with Crippen LogP contribution in [0.25, 0.3) is 11.4 Å². The molecule has 0 saturated carbocycles. The van der Waals surface area contributed by atoms with Crippen LogP contribution in [-0.2, 0) is 16.2 Å². The van der Waals surface area contributed by atoms with E-state index < -0.39 is 5.97 Å². The van der Waals surface area contributed by atoms with Crippen LogP contribution in [0.3, 0.4) is 0 Å². The van der Waals surface area contributed by atoms with E-state index in [9.17, 15) is 4.79 Å². The van der Waals surface area contributed by atoms with Gasteiger partial charge in [0.15, 0.2) is 11.6 Å². The van der Waals surface area contributed by atoms with Crippen molar-refractivity contribution in [3.63, 3.8) is 0 Å². The molecule has 1 aromatic heterocycles. The quantitative estimate of drug-likeness (QED) is 0.279. The van der Waals surface area contributed by atoms with E-state index in [-0.39, 0.29) is 5.75 Å². The van der Waals surface area contributed by atoms with Crippen molar-refractivity contribution in [2.24, 2.45) is 0 Å². The number of carboxylic acids is 1. The Morgan fingerprint density at radius 1 is 1.21 bits per heavy atom. The number of benzene rings is 2. The number of hydrogen-bond acceptors (Lipinski definition) is 6. The van der Waals surface area contributed by atoms with Gasteiger partial charge in [0.05, 0.1) is 12.9 Å². The Kier molecular flexibility index (Phi) is 9.16. The van der Waals surface area contributed by atoms with E-state index in [0.29, 0.717) is 23.3 Å². The number of nitrogens with one attached hydrogen (secondary N) is 1. The maximum Gasteiger partial charge on any atom is 0.313 e. The van der Waals surface area contributed by atoms with Crippen molar-refractivity contribution in [1.82, 2.24) is 15.2 Å². The molecule has 0 aliphatic rings. The van der Waals surface area contributed by atoms with Crippen molar-refractivity contribution in [1.29, 1.82) is 0 Å². The predicted octanol–water partition coefficient (Wildman–Crippen LogP) is 3.01. The molecule has 0 atom stereocenters. The number of nitrogens with zero attached hydrogens (tertiary/aromatic N) is 2. The molecular formula is C20H25N4O4S+. The van der Waals surface area contributed by atoms with Crippen LogP contribution in [-0.4, -0.2) is 39.1 Å². The summed E-state index contributed by atoms with van der Waals surface area (Å²) in [6.45, 7) is 4.45. The summed E-state index contributed by atoms with van der Waals surface area (Å²) in [6, 6.07) is 15.5.